The third kappa shape index (κ3) is 1.75. The van der Waals surface area contributed by atoms with Crippen molar-refractivity contribution in [1.29, 1.82) is 0 Å². The molecule has 4 heteroatoms. The Hall–Kier alpha value is -0.0600. The molecule has 1 unspecified atom stereocenters. The second kappa shape index (κ2) is 3.56. The van der Waals surface area contributed by atoms with Gasteiger partial charge in [0.1, 0.15) is 6.10 Å². The van der Waals surface area contributed by atoms with Crippen molar-refractivity contribution in [3.8, 4) is 0 Å². The van der Waals surface area contributed by atoms with Crippen molar-refractivity contribution in [2.45, 2.75) is 6.10 Å². The molecule has 0 saturated carbocycles. The molecule has 0 spiro atoms. The molecule has 2 heterocycles. The van der Waals surface area contributed by atoms with Crippen molar-refractivity contribution >= 4 is 16.8 Å². The van der Waals surface area contributed by atoms with Gasteiger partial charge in [0, 0.05) is 12.3 Å². The zero-order valence-corrected chi connectivity index (χ0v) is 7.10. The second-order valence-corrected chi connectivity index (χ2v) is 3.62. The van der Waals surface area contributed by atoms with E-state index >= 15 is 0 Å². The molecule has 11 heavy (non-hydrogen) atoms. The van der Waals surface area contributed by atoms with Crippen molar-refractivity contribution in [3.05, 3.63) is 0 Å². The van der Waals surface area contributed by atoms with Gasteiger partial charge in [-0.2, -0.15) is 0 Å². The van der Waals surface area contributed by atoms with E-state index < -0.39 is 0 Å². The lowest BCUT2D eigenvalue weighted by molar-refractivity contribution is -0.0581. The van der Waals surface area contributed by atoms with Gasteiger partial charge >= 0.3 is 0 Å². The van der Waals surface area contributed by atoms with Crippen LogP contribution < -0.4 is 0 Å². The Morgan fingerprint density at radius 1 is 1.45 bits per heavy atom. The molecule has 1 saturated heterocycles. The molecule has 3 nitrogen and oxygen atoms in total. The summed E-state index contributed by atoms with van der Waals surface area (Å²) in [5.74, 6) is 1.11. The predicted molar refractivity (Wildman–Crippen MR) is 45.3 cm³/mol. The van der Waals surface area contributed by atoms with Crippen LogP contribution in [0.3, 0.4) is 0 Å². The monoisotopic (exact) mass is 173 g/mol. The highest BCUT2D eigenvalue weighted by Crippen LogP contribution is 2.18. The van der Waals surface area contributed by atoms with Gasteiger partial charge in [0.05, 0.1) is 24.9 Å². The maximum atomic E-state index is 5.49. The van der Waals surface area contributed by atoms with Crippen LogP contribution in [-0.4, -0.2) is 43.3 Å². The summed E-state index contributed by atoms with van der Waals surface area (Å²) in [6, 6.07) is 0. The lowest BCUT2D eigenvalue weighted by Gasteiger charge is -2.22. The first-order chi connectivity index (χ1) is 5.47. The van der Waals surface area contributed by atoms with Crippen LogP contribution in [0.1, 0.15) is 0 Å². The van der Waals surface area contributed by atoms with Gasteiger partial charge in [-0.25, -0.2) is 0 Å². The summed E-state index contributed by atoms with van der Waals surface area (Å²) in [6.07, 6.45) is 0.135. The van der Waals surface area contributed by atoms with E-state index in [1.807, 2.05) is 0 Å². The minimum Gasteiger partial charge on any atom is -0.376 e. The summed E-state index contributed by atoms with van der Waals surface area (Å²) in [5, 5.41) is 1.13. The Labute approximate surface area is 70.2 Å². The van der Waals surface area contributed by atoms with Gasteiger partial charge in [0.25, 0.3) is 0 Å². The summed E-state index contributed by atoms with van der Waals surface area (Å²) in [6.45, 7) is 3.07. The number of ether oxygens (including phenoxy) is 2. The van der Waals surface area contributed by atoms with E-state index in [1.165, 1.54) is 0 Å². The Bertz CT molecular complexity index is 166. The van der Waals surface area contributed by atoms with Crippen LogP contribution in [0.4, 0.5) is 0 Å². The molecule has 0 aromatic heterocycles. The highest BCUT2D eigenvalue weighted by molar-refractivity contribution is 8.14. The van der Waals surface area contributed by atoms with Crippen LogP contribution in [0.25, 0.3) is 0 Å². The number of hydrogen-bond donors (Lipinski definition) is 0. The number of aliphatic imine (C=N–C) groups is 1. The Morgan fingerprint density at radius 2 is 2.45 bits per heavy atom. The fourth-order valence-electron chi connectivity index (χ4n) is 1.18. The molecular weight excluding hydrogens is 162 g/mol. The summed E-state index contributed by atoms with van der Waals surface area (Å²) < 4.78 is 10.8. The SMILES string of the molecule is C1CSC(C2COCCO2)=N1. The summed E-state index contributed by atoms with van der Waals surface area (Å²) in [7, 11) is 0. The van der Waals surface area contributed by atoms with E-state index in [-0.39, 0.29) is 6.10 Å². The maximum absolute atomic E-state index is 5.49. The molecule has 0 aliphatic carbocycles. The topological polar surface area (TPSA) is 30.8 Å². The summed E-state index contributed by atoms with van der Waals surface area (Å²) in [4.78, 5) is 4.33. The Morgan fingerprint density at radius 3 is 3.09 bits per heavy atom. The van der Waals surface area contributed by atoms with E-state index in [9.17, 15) is 0 Å². The molecule has 2 aliphatic heterocycles. The summed E-state index contributed by atoms with van der Waals surface area (Å²) >= 11 is 1.79. The van der Waals surface area contributed by atoms with Crippen molar-refractivity contribution in [2.75, 3.05) is 32.1 Å². The fraction of sp³-hybridized carbons (Fsp3) is 0.857. The van der Waals surface area contributed by atoms with Crippen LogP contribution in [0.2, 0.25) is 0 Å². The van der Waals surface area contributed by atoms with E-state index in [0.29, 0.717) is 13.2 Å². The largest absolute Gasteiger partial charge is 0.376 e. The average Bonchev–Trinajstić information content (AvgIpc) is 2.58. The maximum Gasteiger partial charge on any atom is 0.128 e. The molecular formula is C7H11NO2S. The van der Waals surface area contributed by atoms with E-state index in [1.54, 1.807) is 11.8 Å². The third-order valence-electron chi connectivity index (χ3n) is 1.70. The minimum absolute atomic E-state index is 0.135. The van der Waals surface area contributed by atoms with Crippen molar-refractivity contribution in [2.24, 2.45) is 4.99 Å². The molecule has 0 amide bonds. The molecule has 1 atom stereocenters. The van der Waals surface area contributed by atoms with Gasteiger partial charge in [-0.3, -0.25) is 4.99 Å². The standard InChI is InChI=1S/C7H11NO2S/c1-4-11-7(8-1)6-5-9-2-3-10-6/h6H,1-5H2. The fourth-order valence-corrected chi connectivity index (χ4v) is 2.07. The molecule has 0 aromatic carbocycles. The smallest absolute Gasteiger partial charge is 0.128 e. The highest BCUT2D eigenvalue weighted by atomic mass is 32.2. The zero-order chi connectivity index (χ0) is 7.52. The average molecular weight is 173 g/mol. The van der Waals surface area contributed by atoms with E-state index in [4.69, 9.17) is 9.47 Å². The normalized spacial score (nSPS) is 32.0. The first kappa shape index (κ1) is 7.58. The van der Waals surface area contributed by atoms with Crippen molar-refractivity contribution in [3.63, 3.8) is 0 Å². The van der Waals surface area contributed by atoms with Gasteiger partial charge in [-0.15, -0.1) is 11.8 Å². The zero-order valence-electron chi connectivity index (χ0n) is 6.28. The van der Waals surface area contributed by atoms with Crippen LogP contribution in [0.5, 0.6) is 0 Å². The molecule has 1 fully saturated rings. The van der Waals surface area contributed by atoms with Crippen LogP contribution in [0, 0.1) is 0 Å². The molecule has 0 aromatic rings. The predicted octanol–water partition coefficient (Wildman–Crippen LogP) is 0.547. The minimum atomic E-state index is 0.135. The van der Waals surface area contributed by atoms with Gasteiger partial charge in [0.2, 0.25) is 0 Å². The van der Waals surface area contributed by atoms with Crippen LogP contribution >= 0.6 is 11.8 Å². The first-order valence-electron chi connectivity index (χ1n) is 3.83. The Kier molecular flexibility index (Phi) is 2.45. The van der Waals surface area contributed by atoms with Crippen LogP contribution in [0.15, 0.2) is 4.99 Å². The first-order valence-corrected chi connectivity index (χ1v) is 4.82. The van der Waals surface area contributed by atoms with Gasteiger partial charge in [0.15, 0.2) is 0 Å². The molecule has 2 aliphatic rings. The highest BCUT2D eigenvalue weighted by Gasteiger charge is 2.22. The van der Waals surface area contributed by atoms with Crippen LogP contribution in [-0.2, 0) is 9.47 Å². The van der Waals surface area contributed by atoms with Crippen molar-refractivity contribution < 1.29 is 9.47 Å². The number of nitrogens with zero attached hydrogens (tertiary/aromatic N) is 1. The lowest BCUT2D eigenvalue weighted by Crippen LogP contribution is -2.33. The van der Waals surface area contributed by atoms with Gasteiger partial charge in [-0.1, -0.05) is 0 Å². The number of thioether (sulfide) groups is 1. The number of hydrogen-bond acceptors (Lipinski definition) is 4. The second-order valence-electron chi connectivity index (χ2n) is 2.50. The molecule has 0 N–H and O–H groups in total. The van der Waals surface area contributed by atoms with Gasteiger partial charge < -0.3 is 9.47 Å². The van der Waals surface area contributed by atoms with Crippen molar-refractivity contribution in [1.82, 2.24) is 0 Å². The quantitative estimate of drug-likeness (QED) is 0.580. The van der Waals surface area contributed by atoms with Gasteiger partial charge in [-0.05, 0) is 0 Å². The number of rotatable bonds is 1. The lowest BCUT2D eigenvalue weighted by atomic mass is 10.4. The molecule has 0 bridgehead atoms. The molecule has 62 valence electrons. The molecule has 2 rings (SSSR count). The molecule has 0 radical (unpaired) electrons. The third-order valence-corrected chi connectivity index (χ3v) is 2.77. The van der Waals surface area contributed by atoms with E-state index in [0.717, 1.165) is 23.9 Å². The van der Waals surface area contributed by atoms with E-state index in [2.05, 4.69) is 4.99 Å². The Balaban J connectivity index is 1.92. The summed E-state index contributed by atoms with van der Waals surface area (Å²) in [5.41, 5.74) is 0.